The molecule has 1 aromatic carbocycles. The third-order valence-corrected chi connectivity index (χ3v) is 4.67. The number of nitrogen functional groups attached to an aromatic ring is 1. The lowest BCUT2D eigenvalue weighted by atomic mass is 9.97. The molecule has 2 heterocycles. The minimum Gasteiger partial charge on any atom is -0.399 e. The number of amides is 1. The number of nitrogens with zero attached hydrogens (tertiary/aromatic N) is 2. The quantitative estimate of drug-likeness (QED) is 0.849. The van der Waals surface area contributed by atoms with E-state index in [1.54, 1.807) is 0 Å². The van der Waals surface area contributed by atoms with Gasteiger partial charge < -0.3 is 20.3 Å². The number of hydrogen-bond donors (Lipinski definition) is 1. The van der Waals surface area contributed by atoms with E-state index in [2.05, 4.69) is 11.8 Å². The average Bonchev–Trinajstić information content (AvgIpc) is 2.56. The van der Waals surface area contributed by atoms with Crippen LogP contribution in [-0.2, 0) is 4.74 Å². The van der Waals surface area contributed by atoms with E-state index in [4.69, 9.17) is 10.5 Å². The second-order valence-electron chi connectivity index (χ2n) is 6.35. The van der Waals surface area contributed by atoms with Crippen LogP contribution < -0.4 is 10.6 Å². The van der Waals surface area contributed by atoms with Gasteiger partial charge in [0.05, 0.1) is 18.8 Å². The van der Waals surface area contributed by atoms with Crippen molar-refractivity contribution in [1.82, 2.24) is 4.90 Å². The van der Waals surface area contributed by atoms with E-state index < -0.39 is 0 Å². The van der Waals surface area contributed by atoms with Gasteiger partial charge in [-0.3, -0.25) is 4.79 Å². The molecular weight excluding hydrogens is 278 g/mol. The van der Waals surface area contributed by atoms with Gasteiger partial charge in [-0.1, -0.05) is 6.92 Å². The number of carbonyl (C=O) groups excluding carboxylic acids is 1. The molecule has 2 N–H and O–H groups in total. The molecule has 2 fully saturated rings. The van der Waals surface area contributed by atoms with Crippen LogP contribution in [0.1, 0.15) is 30.1 Å². The van der Waals surface area contributed by atoms with Crippen LogP contribution in [0.25, 0.3) is 0 Å². The van der Waals surface area contributed by atoms with E-state index in [9.17, 15) is 4.79 Å². The predicted molar refractivity (Wildman–Crippen MR) is 88.2 cm³/mol. The summed E-state index contributed by atoms with van der Waals surface area (Å²) in [5, 5.41) is 0. The maximum atomic E-state index is 12.9. The first kappa shape index (κ1) is 15.2. The average molecular weight is 303 g/mol. The van der Waals surface area contributed by atoms with E-state index >= 15 is 0 Å². The number of hydrogen-bond acceptors (Lipinski definition) is 4. The molecule has 1 amide bonds. The molecule has 5 nitrogen and oxygen atoms in total. The SMILES string of the molecule is CC1CCN(c2ccc(N)cc2C(=O)N2CCOCC2)CC1. The highest BCUT2D eigenvalue weighted by molar-refractivity contribution is 6.00. The van der Waals surface area contributed by atoms with Gasteiger partial charge in [-0.25, -0.2) is 0 Å². The Kier molecular flexibility index (Phi) is 4.52. The number of benzene rings is 1. The molecule has 0 aromatic heterocycles. The number of morpholine rings is 1. The van der Waals surface area contributed by atoms with Gasteiger partial charge in [0, 0.05) is 37.6 Å². The van der Waals surface area contributed by atoms with Crippen molar-refractivity contribution in [3.63, 3.8) is 0 Å². The molecule has 0 unspecified atom stereocenters. The van der Waals surface area contributed by atoms with Crippen molar-refractivity contribution in [3.8, 4) is 0 Å². The monoisotopic (exact) mass is 303 g/mol. The van der Waals surface area contributed by atoms with Gasteiger partial charge in [0.25, 0.3) is 5.91 Å². The molecule has 2 saturated heterocycles. The van der Waals surface area contributed by atoms with Crippen LogP contribution in [0.15, 0.2) is 18.2 Å². The maximum Gasteiger partial charge on any atom is 0.256 e. The molecule has 2 aliphatic rings. The summed E-state index contributed by atoms with van der Waals surface area (Å²) in [7, 11) is 0. The molecule has 0 aliphatic carbocycles. The first-order chi connectivity index (χ1) is 10.6. The summed E-state index contributed by atoms with van der Waals surface area (Å²) in [6, 6.07) is 5.72. The molecule has 0 radical (unpaired) electrons. The standard InChI is InChI=1S/C17H25N3O2/c1-13-4-6-19(7-5-13)16-3-2-14(18)12-15(16)17(21)20-8-10-22-11-9-20/h2-3,12-13H,4-11,18H2,1H3. The molecule has 5 heteroatoms. The first-order valence-corrected chi connectivity index (χ1v) is 8.16. The lowest BCUT2D eigenvalue weighted by molar-refractivity contribution is 0.0303. The van der Waals surface area contributed by atoms with Crippen LogP contribution in [0.5, 0.6) is 0 Å². The third-order valence-electron chi connectivity index (χ3n) is 4.67. The molecule has 3 rings (SSSR count). The van der Waals surface area contributed by atoms with Crippen molar-refractivity contribution in [2.75, 3.05) is 50.0 Å². The molecule has 2 aliphatic heterocycles. The molecule has 1 aromatic rings. The highest BCUT2D eigenvalue weighted by Gasteiger charge is 2.25. The third kappa shape index (κ3) is 3.19. The number of nitrogens with two attached hydrogens (primary N) is 1. The van der Waals surface area contributed by atoms with Gasteiger partial charge in [-0.15, -0.1) is 0 Å². The van der Waals surface area contributed by atoms with Crippen molar-refractivity contribution in [1.29, 1.82) is 0 Å². The Morgan fingerprint density at radius 2 is 1.86 bits per heavy atom. The zero-order chi connectivity index (χ0) is 15.5. The van der Waals surface area contributed by atoms with Crippen molar-refractivity contribution in [2.45, 2.75) is 19.8 Å². The van der Waals surface area contributed by atoms with E-state index in [1.165, 1.54) is 12.8 Å². The van der Waals surface area contributed by atoms with Gasteiger partial charge in [-0.05, 0) is 37.0 Å². The topological polar surface area (TPSA) is 58.8 Å². The lowest BCUT2D eigenvalue weighted by Crippen LogP contribution is -2.42. The zero-order valence-corrected chi connectivity index (χ0v) is 13.3. The first-order valence-electron chi connectivity index (χ1n) is 8.16. The van der Waals surface area contributed by atoms with Gasteiger partial charge in [0.2, 0.25) is 0 Å². The van der Waals surface area contributed by atoms with Crippen molar-refractivity contribution < 1.29 is 9.53 Å². The Balaban J connectivity index is 1.85. The Hall–Kier alpha value is -1.75. The summed E-state index contributed by atoms with van der Waals surface area (Å²) in [5.41, 5.74) is 8.34. The number of rotatable bonds is 2. The summed E-state index contributed by atoms with van der Waals surface area (Å²) in [6.45, 7) is 6.85. The molecule has 0 saturated carbocycles. The molecular formula is C17H25N3O2. The number of piperidine rings is 1. The maximum absolute atomic E-state index is 12.9. The fourth-order valence-electron chi connectivity index (χ4n) is 3.19. The van der Waals surface area contributed by atoms with Crippen molar-refractivity contribution in [2.24, 2.45) is 5.92 Å². The van der Waals surface area contributed by atoms with Gasteiger partial charge in [0.15, 0.2) is 0 Å². The largest absolute Gasteiger partial charge is 0.399 e. The molecule has 0 bridgehead atoms. The summed E-state index contributed by atoms with van der Waals surface area (Å²) in [5.74, 6) is 0.840. The Morgan fingerprint density at radius 3 is 2.55 bits per heavy atom. The number of ether oxygens (including phenoxy) is 1. The lowest BCUT2D eigenvalue weighted by Gasteiger charge is -2.34. The van der Waals surface area contributed by atoms with Crippen LogP contribution >= 0.6 is 0 Å². The predicted octanol–water partition coefficient (Wildman–Crippen LogP) is 1.98. The van der Waals surface area contributed by atoms with Gasteiger partial charge in [-0.2, -0.15) is 0 Å². The Morgan fingerprint density at radius 1 is 1.18 bits per heavy atom. The fraction of sp³-hybridized carbons (Fsp3) is 0.588. The van der Waals surface area contributed by atoms with Gasteiger partial charge >= 0.3 is 0 Å². The van der Waals surface area contributed by atoms with Crippen LogP contribution in [0.3, 0.4) is 0 Å². The van der Waals surface area contributed by atoms with Crippen molar-refractivity contribution >= 4 is 17.3 Å². The van der Waals surface area contributed by atoms with Crippen LogP contribution in [-0.4, -0.2) is 50.2 Å². The molecule has 0 spiro atoms. The second kappa shape index (κ2) is 6.57. The minimum absolute atomic E-state index is 0.0734. The van der Waals surface area contributed by atoms with Crippen LogP contribution in [0, 0.1) is 5.92 Å². The molecule has 22 heavy (non-hydrogen) atoms. The molecule has 0 atom stereocenters. The van der Waals surface area contributed by atoms with Crippen LogP contribution in [0.4, 0.5) is 11.4 Å². The minimum atomic E-state index is 0.0734. The van der Waals surface area contributed by atoms with E-state index in [0.717, 1.165) is 30.3 Å². The van der Waals surface area contributed by atoms with E-state index in [-0.39, 0.29) is 5.91 Å². The normalized spacial score (nSPS) is 20.2. The second-order valence-corrected chi connectivity index (χ2v) is 6.35. The smallest absolute Gasteiger partial charge is 0.256 e. The Labute approximate surface area is 132 Å². The summed E-state index contributed by atoms with van der Waals surface area (Å²) in [6.07, 6.45) is 2.35. The summed E-state index contributed by atoms with van der Waals surface area (Å²) < 4.78 is 5.34. The van der Waals surface area contributed by atoms with E-state index in [1.807, 2.05) is 23.1 Å². The van der Waals surface area contributed by atoms with E-state index in [0.29, 0.717) is 32.0 Å². The molecule has 120 valence electrons. The van der Waals surface area contributed by atoms with Crippen molar-refractivity contribution in [3.05, 3.63) is 23.8 Å². The fourth-order valence-corrected chi connectivity index (χ4v) is 3.19. The van der Waals surface area contributed by atoms with Crippen LogP contribution in [0.2, 0.25) is 0 Å². The highest BCUT2D eigenvalue weighted by atomic mass is 16.5. The Bertz CT molecular complexity index is 533. The number of carbonyl (C=O) groups is 1. The zero-order valence-electron chi connectivity index (χ0n) is 13.3. The number of anilines is 2. The summed E-state index contributed by atoms with van der Waals surface area (Å²) >= 11 is 0. The van der Waals surface area contributed by atoms with Gasteiger partial charge in [0.1, 0.15) is 0 Å². The summed E-state index contributed by atoms with van der Waals surface area (Å²) in [4.78, 5) is 17.1. The highest BCUT2D eigenvalue weighted by Crippen LogP contribution is 2.29.